The van der Waals surface area contributed by atoms with Gasteiger partial charge in [-0.05, 0) is 102 Å². The van der Waals surface area contributed by atoms with E-state index < -0.39 is 0 Å². The summed E-state index contributed by atoms with van der Waals surface area (Å²) in [4.78, 5) is 9.92. The normalized spacial score (nSPS) is 17.4. The van der Waals surface area contributed by atoms with Crippen LogP contribution in [0.3, 0.4) is 0 Å². The number of ether oxygens (including phenoxy) is 2. The molecule has 0 unspecified atom stereocenters. The predicted octanol–water partition coefficient (Wildman–Crippen LogP) is 10.3. The second-order valence-electron chi connectivity index (χ2n) is 15.0. The third-order valence-corrected chi connectivity index (χ3v) is 9.22. The molecule has 5 heteroatoms. The van der Waals surface area contributed by atoms with E-state index in [0.29, 0.717) is 18.4 Å². The lowest BCUT2D eigenvalue weighted by Crippen LogP contribution is -2.39. The molecule has 0 radical (unpaired) electrons. The number of aliphatic imine (C=N–C) groups is 1. The molecular weight excluding hydrogens is 542 g/mol. The zero-order chi connectivity index (χ0) is 31.6. The maximum absolute atomic E-state index is 6.65. The van der Waals surface area contributed by atoms with E-state index in [9.17, 15) is 0 Å². The van der Waals surface area contributed by atoms with Gasteiger partial charge < -0.3 is 9.47 Å². The SMILES string of the molecule is Cc1cc(Oc2cc(C3=N[C@](C)(C(C)(C)C)CO3)cc(C(C)C)c2)cc(-n2c3ccc(C(C)(C)C)cc3c3cccnc32)c1. The van der Waals surface area contributed by atoms with Gasteiger partial charge in [-0.15, -0.1) is 0 Å². The van der Waals surface area contributed by atoms with Crippen LogP contribution in [0.1, 0.15) is 90.5 Å². The van der Waals surface area contributed by atoms with Gasteiger partial charge in [0.25, 0.3) is 0 Å². The molecule has 0 amide bonds. The van der Waals surface area contributed by atoms with Gasteiger partial charge in [0.1, 0.15) is 29.3 Å². The highest BCUT2D eigenvalue weighted by Gasteiger charge is 2.42. The number of nitrogens with zero attached hydrogens (tertiary/aromatic N) is 3. The predicted molar refractivity (Wildman–Crippen MR) is 183 cm³/mol. The first-order valence-electron chi connectivity index (χ1n) is 15.7. The average Bonchev–Trinajstić information content (AvgIpc) is 3.51. The molecule has 0 N–H and O–H groups in total. The van der Waals surface area contributed by atoms with Gasteiger partial charge >= 0.3 is 0 Å². The summed E-state index contributed by atoms with van der Waals surface area (Å²) in [7, 11) is 0. The highest BCUT2D eigenvalue weighted by atomic mass is 16.5. The maximum atomic E-state index is 6.65. The second kappa shape index (κ2) is 10.5. The summed E-state index contributed by atoms with van der Waals surface area (Å²) in [5.41, 5.74) is 7.39. The van der Waals surface area contributed by atoms with Gasteiger partial charge in [-0.3, -0.25) is 4.57 Å². The number of fused-ring (bicyclic) bond motifs is 3. The monoisotopic (exact) mass is 587 g/mol. The highest BCUT2D eigenvalue weighted by Crippen LogP contribution is 2.40. The fourth-order valence-corrected chi connectivity index (χ4v) is 5.79. The molecule has 3 aromatic carbocycles. The molecule has 0 fully saturated rings. The fraction of sp³-hybridized carbons (Fsp3) is 0.385. The van der Waals surface area contributed by atoms with Gasteiger partial charge in [-0.1, -0.05) is 61.5 Å². The summed E-state index contributed by atoms with van der Waals surface area (Å²) < 4.78 is 15.1. The summed E-state index contributed by atoms with van der Waals surface area (Å²) in [5, 5.41) is 2.35. The second-order valence-corrected chi connectivity index (χ2v) is 15.0. The number of pyridine rings is 1. The van der Waals surface area contributed by atoms with Crippen LogP contribution < -0.4 is 4.74 Å². The third kappa shape index (κ3) is 5.38. The molecular formula is C39H45N3O2. The lowest BCUT2D eigenvalue weighted by molar-refractivity contribution is 0.154. The number of hydrogen-bond acceptors (Lipinski definition) is 4. The minimum atomic E-state index is -0.285. The van der Waals surface area contributed by atoms with Crippen LogP contribution in [0.25, 0.3) is 27.6 Å². The van der Waals surface area contributed by atoms with Gasteiger partial charge in [0.15, 0.2) is 0 Å². The van der Waals surface area contributed by atoms with Crippen LogP contribution in [0.4, 0.5) is 0 Å². The standard InChI is InChI=1S/C39H45N3O2/c1-24(2)26-18-27(36-41-39(10,23-43-36)38(7,8)9)20-31(19-26)44-30-17-25(3)16-29(22-30)42-34-14-13-28(37(4,5)6)21-33(34)32-12-11-15-40-35(32)42/h11-22,24H,23H2,1-10H3/t39-/m0/s1. The first-order valence-corrected chi connectivity index (χ1v) is 15.7. The molecule has 0 aliphatic carbocycles. The Bertz CT molecular complexity index is 1920. The van der Waals surface area contributed by atoms with Crippen LogP contribution in [0.2, 0.25) is 0 Å². The quantitative estimate of drug-likeness (QED) is 0.206. The van der Waals surface area contributed by atoms with Crippen molar-refractivity contribution in [3.05, 3.63) is 95.2 Å². The summed E-state index contributed by atoms with van der Waals surface area (Å²) in [5.74, 6) is 2.56. The van der Waals surface area contributed by atoms with Crippen molar-refractivity contribution in [2.75, 3.05) is 6.61 Å². The molecule has 44 heavy (non-hydrogen) atoms. The van der Waals surface area contributed by atoms with Crippen molar-refractivity contribution in [1.82, 2.24) is 9.55 Å². The van der Waals surface area contributed by atoms with Gasteiger partial charge in [0.2, 0.25) is 5.90 Å². The Labute approximate surface area is 262 Å². The van der Waals surface area contributed by atoms with Crippen LogP contribution in [0.5, 0.6) is 11.5 Å². The van der Waals surface area contributed by atoms with Gasteiger partial charge in [-0.25, -0.2) is 9.98 Å². The minimum absolute atomic E-state index is 0.0162. The zero-order valence-electron chi connectivity index (χ0n) is 27.9. The topological polar surface area (TPSA) is 48.6 Å². The van der Waals surface area contributed by atoms with E-state index in [1.807, 2.05) is 12.3 Å². The minimum Gasteiger partial charge on any atom is -0.475 e. The Balaban J connectivity index is 1.44. The summed E-state index contributed by atoms with van der Waals surface area (Å²) in [6.07, 6.45) is 1.87. The number of benzene rings is 3. The highest BCUT2D eigenvalue weighted by molar-refractivity contribution is 6.08. The van der Waals surface area contributed by atoms with Crippen molar-refractivity contribution >= 4 is 27.8 Å². The van der Waals surface area contributed by atoms with E-state index in [0.717, 1.165) is 44.9 Å². The van der Waals surface area contributed by atoms with Gasteiger partial charge in [0.05, 0.1) is 11.2 Å². The van der Waals surface area contributed by atoms with E-state index >= 15 is 0 Å². The molecule has 5 aromatic rings. The van der Waals surface area contributed by atoms with E-state index in [4.69, 9.17) is 19.5 Å². The largest absolute Gasteiger partial charge is 0.475 e. The Kier molecular flexibility index (Phi) is 7.14. The zero-order valence-corrected chi connectivity index (χ0v) is 27.9. The summed E-state index contributed by atoms with van der Waals surface area (Å²) in [6.45, 7) is 22.7. The molecule has 1 atom stereocenters. The van der Waals surface area contributed by atoms with Crippen molar-refractivity contribution in [3.63, 3.8) is 0 Å². The van der Waals surface area contributed by atoms with Crippen molar-refractivity contribution in [2.24, 2.45) is 10.4 Å². The average molecular weight is 588 g/mol. The Morgan fingerprint density at radius 3 is 2.32 bits per heavy atom. The molecule has 6 rings (SSSR count). The first kappa shape index (κ1) is 29.9. The Morgan fingerprint density at radius 1 is 0.886 bits per heavy atom. The molecule has 0 saturated heterocycles. The molecule has 2 aromatic heterocycles. The van der Waals surface area contributed by atoms with E-state index in [2.05, 4.69) is 134 Å². The van der Waals surface area contributed by atoms with Crippen molar-refractivity contribution in [3.8, 4) is 17.2 Å². The lowest BCUT2D eigenvalue weighted by Gasteiger charge is -2.33. The smallest absolute Gasteiger partial charge is 0.216 e. The third-order valence-electron chi connectivity index (χ3n) is 9.22. The maximum Gasteiger partial charge on any atom is 0.216 e. The van der Waals surface area contributed by atoms with Crippen LogP contribution in [0.15, 0.2) is 77.9 Å². The first-order chi connectivity index (χ1) is 20.6. The number of aryl methyl sites for hydroxylation is 1. The lowest BCUT2D eigenvalue weighted by atomic mass is 9.76. The Hall–Kier alpha value is -4.12. The molecule has 0 bridgehead atoms. The van der Waals surface area contributed by atoms with Crippen molar-refractivity contribution in [2.45, 2.75) is 86.1 Å². The van der Waals surface area contributed by atoms with Crippen molar-refractivity contribution < 1.29 is 9.47 Å². The molecule has 0 spiro atoms. The molecule has 0 saturated carbocycles. The van der Waals surface area contributed by atoms with Crippen LogP contribution in [-0.4, -0.2) is 27.6 Å². The molecule has 3 heterocycles. The van der Waals surface area contributed by atoms with E-state index in [1.165, 1.54) is 16.5 Å². The molecule has 5 nitrogen and oxygen atoms in total. The van der Waals surface area contributed by atoms with Crippen molar-refractivity contribution in [1.29, 1.82) is 0 Å². The number of rotatable bonds is 5. The fourth-order valence-electron chi connectivity index (χ4n) is 5.79. The van der Waals surface area contributed by atoms with Crippen LogP contribution in [-0.2, 0) is 10.2 Å². The molecule has 1 aliphatic heterocycles. The molecule has 1 aliphatic rings. The van der Waals surface area contributed by atoms with Crippen LogP contribution >= 0.6 is 0 Å². The molecule has 228 valence electrons. The van der Waals surface area contributed by atoms with Crippen LogP contribution in [0, 0.1) is 12.3 Å². The number of aromatic nitrogens is 2. The van der Waals surface area contributed by atoms with Gasteiger partial charge in [0, 0.05) is 28.6 Å². The van der Waals surface area contributed by atoms with E-state index in [1.54, 1.807) is 0 Å². The summed E-state index contributed by atoms with van der Waals surface area (Å²) >= 11 is 0. The van der Waals surface area contributed by atoms with E-state index in [-0.39, 0.29) is 16.4 Å². The van der Waals surface area contributed by atoms with Gasteiger partial charge in [-0.2, -0.15) is 0 Å². The number of hydrogen-bond donors (Lipinski definition) is 0. The summed E-state index contributed by atoms with van der Waals surface area (Å²) in [6, 6.07) is 23.7. The Morgan fingerprint density at radius 2 is 1.64 bits per heavy atom.